The minimum atomic E-state index is 0.225. The van der Waals surface area contributed by atoms with Crippen LogP contribution in [0, 0.1) is 5.92 Å². The summed E-state index contributed by atoms with van der Waals surface area (Å²) in [7, 11) is 0. The van der Waals surface area contributed by atoms with Crippen LogP contribution in [0.25, 0.3) is 0 Å². The fraction of sp³-hybridized carbons (Fsp3) is 0.692. The molecular weight excluding hydrogens is 246 g/mol. The molecule has 0 spiro atoms. The quantitative estimate of drug-likeness (QED) is 0.886. The average Bonchev–Trinajstić information content (AvgIpc) is 2.86. The van der Waals surface area contributed by atoms with Crippen LogP contribution in [0.4, 0.5) is 5.13 Å². The van der Waals surface area contributed by atoms with E-state index >= 15 is 0 Å². The number of rotatable bonds is 5. The lowest BCUT2D eigenvalue weighted by atomic mass is 10.2. The van der Waals surface area contributed by atoms with E-state index in [1.54, 1.807) is 11.3 Å². The molecule has 1 aliphatic carbocycles. The maximum absolute atomic E-state index is 11.7. The SMILES string of the molecule is O=C(CC1CC1)NCC1CCCN1c1nccs1. The van der Waals surface area contributed by atoms with E-state index in [1.807, 2.05) is 11.6 Å². The average molecular weight is 265 g/mol. The van der Waals surface area contributed by atoms with E-state index in [4.69, 9.17) is 0 Å². The van der Waals surface area contributed by atoms with Crippen molar-refractivity contribution in [3.05, 3.63) is 11.6 Å². The predicted molar refractivity (Wildman–Crippen MR) is 72.8 cm³/mol. The van der Waals surface area contributed by atoms with E-state index < -0.39 is 0 Å². The smallest absolute Gasteiger partial charge is 0.220 e. The molecule has 0 bridgehead atoms. The van der Waals surface area contributed by atoms with Gasteiger partial charge in [-0.05, 0) is 31.6 Å². The van der Waals surface area contributed by atoms with E-state index in [2.05, 4.69) is 15.2 Å². The van der Waals surface area contributed by atoms with Gasteiger partial charge in [-0.25, -0.2) is 4.98 Å². The number of hydrogen-bond acceptors (Lipinski definition) is 4. The molecule has 5 heteroatoms. The maximum Gasteiger partial charge on any atom is 0.220 e. The summed E-state index contributed by atoms with van der Waals surface area (Å²) in [5, 5.41) is 6.19. The lowest BCUT2D eigenvalue weighted by Crippen LogP contribution is -2.40. The Hall–Kier alpha value is -1.10. The summed E-state index contributed by atoms with van der Waals surface area (Å²) in [6, 6.07) is 0.430. The summed E-state index contributed by atoms with van der Waals surface area (Å²) >= 11 is 1.68. The van der Waals surface area contributed by atoms with Crippen LogP contribution in [0.2, 0.25) is 0 Å². The number of thiazole rings is 1. The van der Waals surface area contributed by atoms with Gasteiger partial charge in [-0.2, -0.15) is 0 Å². The van der Waals surface area contributed by atoms with E-state index in [0.29, 0.717) is 12.0 Å². The second-order valence-electron chi connectivity index (χ2n) is 5.26. The van der Waals surface area contributed by atoms with Crippen LogP contribution in [0.1, 0.15) is 32.1 Å². The zero-order valence-electron chi connectivity index (χ0n) is 10.5. The van der Waals surface area contributed by atoms with Crippen LogP contribution >= 0.6 is 11.3 Å². The Labute approximate surface area is 111 Å². The molecule has 1 aromatic rings. The Morgan fingerprint density at radius 3 is 3.11 bits per heavy atom. The summed E-state index contributed by atoms with van der Waals surface area (Å²) in [4.78, 5) is 18.4. The number of nitrogens with zero attached hydrogens (tertiary/aromatic N) is 2. The van der Waals surface area contributed by atoms with Crippen molar-refractivity contribution in [2.75, 3.05) is 18.0 Å². The summed E-state index contributed by atoms with van der Waals surface area (Å²) < 4.78 is 0. The number of aromatic nitrogens is 1. The number of anilines is 1. The fourth-order valence-electron chi connectivity index (χ4n) is 2.55. The Kier molecular flexibility index (Phi) is 3.50. The maximum atomic E-state index is 11.7. The topological polar surface area (TPSA) is 45.2 Å². The normalized spacial score (nSPS) is 23.3. The lowest BCUT2D eigenvalue weighted by molar-refractivity contribution is -0.121. The Bertz CT molecular complexity index is 402. The van der Waals surface area contributed by atoms with Crippen molar-refractivity contribution in [3.8, 4) is 0 Å². The van der Waals surface area contributed by atoms with Gasteiger partial charge in [0, 0.05) is 37.1 Å². The molecule has 1 saturated heterocycles. The Morgan fingerprint density at radius 1 is 1.50 bits per heavy atom. The molecular formula is C13H19N3OS. The first-order valence-corrected chi connectivity index (χ1v) is 7.64. The highest BCUT2D eigenvalue weighted by atomic mass is 32.1. The summed E-state index contributed by atoms with van der Waals surface area (Å²) in [6.07, 6.45) is 7.40. The molecule has 1 atom stereocenters. The monoisotopic (exact) mass is 265 g/mol. The third-order valence-electron chi connectivity index (χ3n) is 3.75. The van der Waals surface area contributed by atoms with Gasteiger partial charge in [0.2, 0.25) is 5.91 Å². The zero-order valence-corrected chi connectivity index (χ0v) is 11.3. The number of amides is 1. The van der Waals surface area contributed by atoms with Crippen molar-refractivity contribution in [3.63, 3.8) is 0 Å². The van der Waals surface area contributed by atoms with Crippen molar-refractivity contribution < 1.29 is 4.79 Å². The molecule has 2 aliphatic rings. The van der Waals surface area contributed by atoms with Gasteiger partial charge < -0.3 is 10.2 Å². The van der Waals surface area contributed by atoms with Crippen LogP contribution in [0.5, 0.6) is 0 Å². The van der Waals surface area contributed by atoms with Crippen LogP contribution in [0.15, 0.2) is 11.6 Å². The van der Waals surface area contributed by atoms with E-state index in [9.17, 15) is 4.79 Å². The van der Waals surface area contributed by atoms with Gasteiger partial charge >= 0.3 is 0 Å². The van der Waals surface area contributed by atoms with Crippen molar-refractivity contribution >= 4 is 22.4 Å². The van der Waals surface area contributed by atoms with Crippen molar-refractivity contribution in [1.82, 2.24) is 10.3 Å². The molecule has 1 unspecified atom stereocenters. The van der Waals surface area contributed by atoms with Crippen LogP contribution in [-0.4, -0.2) is 30.0 Å². The molecule has 4 nitrogen and oxygen atoms in total. The molecule has 1 aliphatic heterocycles. The highest BCUT2D eigenvalue weighted by molar-refractivity contribution is 7.13. The van der Waals surface area contributed by atoms with Gasteiger partial charge in [0.25, 0.3) is 0 Å². The molecule has 18 heavy (non-hydrogen) atoms. The molecule has 98 valence electrons. The van der Waals surface area contributed by atoms with Gasteiger partial charge in [0.15, 0.2) is 5.13 Å². The van der Waals surface area contributed by atoms with Gasteiger partial charge in [0.1, 0.15) is 0 Å². The van der Waals surface area contributed by atoms with Gasteiger partial charge in [-0.3, -0.25) is 4.79 Å². The molecule has 0 aromatic carbocycles. The van der Waals surface area contributed by atoms with E-state index in [-0.39, 0.29) is 5.91 Å². The van der Waals surface area contributed by atoms with Gasteiger partial charge in [-0.1, -0.05) is 0 Å². The zero-order chi connectivity index (χ0) is 12.4. The van der Waals surface area contributed by atoms with Crippen LogP contribution in [0.3, 0.4) is 0 Å². The van der Waals surface area contributed by atoms with Gasteiger partial charge in [0.05, 0.1) is 0 Å². The third-order valence-corrected chi connectivity index (χ3v) is 4.56. The molecule has 3 rings (SSSR count). The van der Waals surface area contributed by atoms with Gasteiger partial charge in [-0.15, -0.1) is 11.3 Å². The molecule has 1 saturated carbocycles. The minimum absolute atomic E-state index is 0.225. The second kappa shape index (κ2) is 5.26. The highest BCUT2D eigenvalue weighted by Gasteiger charge is 2.28. The van der Waals surface area contributed by atoms with Crippen LogP contribution in [-0.2, 0) is 4.79 Å². The third kappa shape index (κ3) is 2.83. The molecule has 1 N–H and O–H groups in total. The first-order valence-electron chi connectivity index (χ1n) is 6.76. The minimum Gasteiger partial charge on any atom is -0.354 e. The number of carbonyl (C=O) groups is 1. The largest absolute Gasteiger partial charge is 0.354 e. The Balaban J connectivity index is 1.50. The predicted octanol–water partition coefficient (Wildman–Crippen LogP) is 2.03. The van der Waals surface area contributed by atoms with Crippen molar-refractivity contribution in [1.29, 1.82) is 0 Å². The molecule has 2 heterocycles. The van der Waals surface area contributed by atoms with E-state index in [1.165, 1.54) is 19.3 Å². The number of carbonyl (C=O) groups excluding carboxylic acids is 1. The number of nitrogens with one attached hydrogen (secondary N) is 1. The number of hydrogen-bond donors (Lipinski definition) is 1. The first kappa shape index (κ1) is 12.0. The molecule has 0 radical (unpaired) electrons. The lowest BCUT2D eigenvalue weighted by Gasteiger charge is -2.24. The van der Waals surface area contributed by atoms with Crippen molar-refractivity contribution in [2.24, 2.45) is 5.92 Å². The molecule has 1 amide bonds. The molecule has 1 aromatic heterocycles. The van der Waals surface area contributed by atoms with E-state index in [0.717, 1.165) is 31.1 Å². The molecule has 2 fully saturated rings. The van der Waals surface area contributed by atoms with Crippen molar-refractivity contribution in [2.45, 2.75) is 38.1 Å². The Morgan fingerprint density at radius 2 is 2.39 bits per heavy atom. The fourth-order valence-corrected chi connectivity index (χ4v) is 3.29. The first-order chi connectivity index (χ1) is 8.83. The summed E-state index contributed by atoms with van der Waals surface area (Å²) in [5.74, 6) is 0.895. The summed E-state index contributed by atoms with van der Waals surface area (Å²) in [6.45, 7) is 1.84. The second-order valence-corrected chi connectivity index (χ2v) is 6.13. The highest BCUT2D eigenvalue weighted by Crippen LogP contribution is 2.32. The van der Waals surface area contributed by atoms with Crippen LogP contribution < -0.4 is 10.2 Å². The summed E-state index contributed by atoms with van der Waals surface area (Å²) in [5.41, 5.74) is 0. The standard InChI is InChI=1S/C13H19N3OS/c17-12(8-10-3-4-10)15-9-11-2-1-6-16(11)13-14-5-7-18-13/h5,7,10-11H,1-4,6,8-9H2,(H,15,17).